The van der Waals surface area contributed by atoms with Crippen LogP contribution < -0.4 is 21.2 Å². The molecule has 0 saturated carbocycles. The third-order valence-electron chi connectivity index (χ3n) is 4.80. The largest absolute Gasteiger partial charge is 0.548 e. The summed E-state index contributed by atoms with van der Waals surface area (Å²) in [5.41, 5.74) is 1.77. The van der Waals surface area contributed by atoms with Gasteiger partial charge in [-0.15, -0.1) is 6.58 Å². The molecule has 0 unspecified atom stereocenters. The van der Waals surface area contributed by atoms with Crippen molar-refractivity contribution in [2.45, 2.75) is 65.6 Å². The van der Waals surface area contributed by atoms with Crippen molar-refractivity contribution in [2.75, 3.05) is 6.54 Å². The van der Waals surface area contributed by atoms with E-state index in [1.54, 1.807) is 27.7 Å². The van der Waals surface area contributed by atoms with Gasteiger partial charge in [-0.3, -0.25) is 19.4 Å². The minimum Gasteiger partial charge on any atom is -0.548 e. The van der Waals surface area contributed by atoms with Gasteiger partial charge in [-0.05, 0) is 39.5 Å². The molecule has 158 valence electrons. The van der Waals surface area contributed by atoms with Crippen molar-refractivity contribution in [1.29, 1.82) is 0 Å². The van der Waals surface area contributed by atoms with Gasteiger partial charge in [0, 0.05) is 6.54 Å². The fraction of sp³-hybridized carbons (Fsp3) is 0.684. The third-order valence-corrected chi connectivity index (χ3v) is 4.80. The summed E-state index contributed by atoms with van der Waals surface area (Å²) < 4.78 is 0. The third kappa shape index (κ3) is 6.05. The summed E-state index contributed by atoms with van der Waals surface area (Å²) in [6, 6.07) is -2.66. The summed E-state index contributed by atoms with van der Waals surface area (Å²) in [5.74, 6) is -2.77. The zero-order valence-corrected chi connectivity index (χ0v) is 17.2. The Morgan fingerprint density at radius 1 is 1.21 bits per heavy atom. The molecule has 3 atom stereocenters. The van der Waals surface area contributed by atoms with Crippen LogP contribution in [0.5, 0.6) is 0 Å². The molecule has 0 aromatic rings. The Morgan fingerprint density at radius 3 is 2.32 bits per heavy atom. The molecule has 0 spiro atoms. The predicted octanol–water partition coefficient (Wildman–Crippen LogP) is -0.910. The first-order valence-corrected chi connectivity index (χ1v) is 9.44. The number of amides is 3. The van der Waals surface area contributed by atoms with E-state index in [1.807, 2.05) is 0 Å². The summed E-state index contributed by atoms with van der Waals surface area (Å²) >= 11 is 0. The number of aliphatic carboxylic acids is 1. The number of carboxylic acids is 1. The molecule has 0 aliphatic carbocycles. The highest BCUT2D eigenvalue weighted by molar-refractivity contribution is 5.93. The second-order valence-corrected chi connectivity index (χ2v) is 7.98. The quantitative estimate of drug-likeness (QED) is 0.456. The van der Waals surface area contributed by atoms with Crippen molar-refractivity contribution >= 4 is 23.7 Å². The second-order valence-electron chi connectivity index (χ2n) is 7.98. The lowest BCUT2D eigenvalue weighted by molar-refractivity contribution is -0.310. The van der Waals surface area contributed by atoms with Crippen molar-refractivity contribution in [3.63, 3.8) is 0 Å². The molecule has 1 saturated heterocycles. The summed E-state index contributed by atoms with van der Waals surface area (Å²) in [6.45, 7) is 12.4. The molecular weight excluding hydrogens is 364 g/mol. The molecule has 1 aliphatic rings. The number of hydrazine groups is 1. The van der Waals surface area contributed by atoms with Crippen LogP contribution in [0.4, 0.5) is 0 Å². The highest BCUT2D eigenvalue weighted by Gasteiger charge is 2.33. The van der Waals surface area contributed by atoms with Crippen LogP contribution in [-0.4, -0.2) is 53.4 Å². The van der Waals surface area contributed by atoms with E-state index >= 15 is 0 Å². The van der Waals surface area contributed by atoms with Crippen LogP contribution in [0.3, 0.4) is 0 Å². The molecule has 3 N–H and O–H groups in total. The number of carbonyl (C=O) groups is 4. The van der Waals surface area contributed by atoms with Gasteiger partial charge < -0.3 is 20.5 Å². The minimum atomic E-state index is -1.28. The van der Waals surface area contributed by atoms with Gasteiger partial charge in [0.2, 0.25) is 11.8 Å². The zero-order chi connectivity index (χ0) is 21.6. The lowest BCUT2D eigenvalue weighted by Crippen LogP contribution is -2.62. The fourth-order valence-electron chi connectivity index (χ4n) is 2.67. The van der Waals surface area contributed by atoms with Crippen molar-refractivity contribution in [2.24, 2.45) is 11.3 Å². The van der Waals surface area contributed by atoms with Gasteiger partial charge in [-0.2, -0.15) is 0 Å². The number of hydrogen-bond acceptors (Lipinski definition) is 6. The van der Waals surface area contributed by atoms with E-state index in [9.17, 15) is 24.3 Å². The van der Waals surface area contributed by atoms with Gasteiger partial charge in [0.25, 0.3) is 5.91 Å². The maximum absolute atomic E-state index is 12.7. The lowest BCUT2D eigenvalue weighted by Gasteiger charge is -2.36. The van der Waals surface area contributed by atoms with E-state index < -0.39 is 41.3 Å². The number of nitrogens with zero attached hydrogens (tertiary/aromatic N) is 1. The average molecular weight is 395 g/mol. The Hall–Kier alpha value is -2.42. The van der Waals surface area contributed by atoms with E-state index in [-0.39, 0.29) is 11.8 Å². The molecule has 3 amide bonds. The molecule has 1 aliphatic heterocycles. The van der Waals surface area contributed by atoms with E-state index in [1.165, 1.54) is 18.0 Å². The van der Waals surface area contributed by atoms with Crippen LogP contribution in [0.1, 0.15) is 47.5 Å². The first kappa shape index (κ1) is 23.6. The van der Waals surface area contributed by atoms with Crippen molar-refractivity contribution < 1.29 is 24.3 Å². The highest BCUT2D eigenvalue weighted by Crippen LogP contribution is 2.17. The smallest absolute Gasteiger partial charge is 0.258 e. The van der Waals surface area contributed by atoms with Crippen LogP contribution in [0.2, 0.25) is 0 Å². The van der Waals surface area contributed by atoms with Crippen molar-refractivity contribution in [3.8, 4) is 0 Å². The molecule has 1 fully saturated rings. The summed E-state index contributed by atoms with van der Waals surface area (Å²) in [5, 5.41) is 17.5. The molecule has 9 heteroatoms. The second kappa shape index (κ2) is 9.68. The first-order valence-electron chi connectivity index (χ1n) is 9.44. The molecule has 0 radical (unpaired) electrons. The molecule has 1 heterocycles. The summed E-state index contributed by atoms with van der Waals surface area (Å²) in [4.78, 5) is 48.6. The standard InChI is InChI=1S/C19H32N4O5/c1-7-19(5,6)18(28)21-14(11(2)3)15(24)20-12(4)16(25)23-10-8-9-13(22-23)17(26)27/h7,11-14,22H,1,8-10H2,2-6H3,(H,20,24)(H,21,28)(H,26,27)/p-1/t12-,13-,14-/m0/s1. The van der Waals surface area contributed by atoms with Crippen molar-refractivity contribution in [3.05, 3.63) is 12.7 Å². The lowest BCUT2D eigenvalue weighted by atomic mass is 9.91. The van der Waals surface area contributed by atoms with Crippen LogP contribution >= 0.6 is 0 Å². The maximum Gasteiger partial charge on any atom is 0.258 e. The molecule has 1 rings (SSSR count). The first-order chi connectivity index (χ1) is 12.9. The van der Waals surface area contributed by atoms with E-state index in [2.05, 4.69) is 22.6 Å². The van der Waals surface area contributed by atoms with Crippen LogP contribution in [0.15, 0.2) is 12.7 Å². The predicted molar refractivity (Wildman–Crippen MR) is 101 cm³/mol. The molecule has 0 aromatic heterocycles. The molecule has 0 aromatic carbocycles. The summed E-state index contributed by atoms with van der Waals surface area (Å²) in [6.07, 6.45) is 2.38. The fourth-order valence-corrected chi connectivity index (χ4v) is 2.67. The Bertz CT molecular complexity index is 632. The number of carboxylic acid groups (broad SMARTS) is 1. The Morgan fingerprint density at radius 2 is 1.82 bits per heavy atom. The van der Waals surface area contributed by atoms with Crippen LogP contribution in [0, 0.1) is 11.3 Å². The van der Waals surface area contributed by atoms with E-state index in [0.717, 1.165) is 0 Å². The minimum absolute atomic E-state index is 0.206. The monoisotopic (exact) mass is 395 g/mol. The Balaban J connectivity index is 2.76. The number of carbonyl (C=O) groups excluding carboxylic acids is 4. The molecule has 28 heavy (non-hydrogen) atoms. The number of rotatable bonds is 8. The number of nitrogens with one attached hydrogen (secondary N) is 3. The molecule has 9 nitrogen and oxygen atoms in total. The zero-order valence-electron chi connectivity index (χ0n) is 17.2. The molecular formula is C19H31N4O5-. The Kier molecular flexibility index (Phi) is 8.16. The van der Waals surface area contributed by atoms with Gasteiger partial charge in [-0.25, -0.2) is 5.43 Å². The normalized spacial score (nSPS) is 19.5. The van der Waals surface area contributed by atoms with Gasteiger partial charge >= 0.3 is 0 Å². The van der Waals surface area contributed by atoms with Crippen LogP contribution in [0.25, 0.3) is 0 Å². The van der Waals surface area contributed by atoms with E-state index in [4.69, 9.17) is 0 Å². The van der Waals surface area contributed by atoms with Crippen LogP contribution in [-0.2, 0) is 19.2 Å². The summed E-state index contributed by atoms with van der Waals surface area (Å²) in [7, 11) is 0. The molecule has 0 bridgehead atoms. The van der Waals surface area contributed by atoms with Crippen molar-refractivity contribution in [1.82, 2.24) is 21.1 Å². The average Bonchev–Trinajstić information content (AvgIpc) is 2.64. The topological polar surface area (TPSA) is 131 Å². The van der Waals surface area contributed by atoms with Gasteiger partial charge in [0.05, 0.1) is 17.4 Å². The van der Waals surface area contributed by atoms with Gasteiger partial charge in [0.1, 0.15) is 12.1 Å². The van der Waals surface area contributed by atoms with E-state index in [0.29, 0.717) is 19.4 Å². The highest BCUT2D eigenvalue weighted by atomic mass is 16.4. The van der Waals surface area contributed by atoms with Gasteiger partial charge in [-0.1, -0.05) is 19.9 Å². The maximum atomic E-state index is 12.7. The Labute approximate surface area is 165 Å². The SMILES string of the molecule is C=CC(C)(C)C(=O)N[C@H](C(=O)N[C@@H](C)C(=O)N1CCC[C@@H](C(=O)[O-])N1)C(C)C. The number of hydrogen-bond donors (Lipinski definition) is 3. The van der Waals surface area contributed by atoms with Gasteiger partial charge in [0.15, 0.2) is 0 Å².